The Hall–Kier alpha value is -1.80. The van der Waals surface area contributed by atoms with Gasteiger partial charge in [0.25, 0.3) is 5.91 Å². The minimum absolute atomic E-state index is 0.285. The summed E-state index contributed by atoms with van der Waals surface area (Å²) in [5.41, 5.74) is 2.10. The zero-order valence-corrected chi connectivity index (χ0v) is 13.2. The van der Waals surface area contributed by atoms with E-state index in [1.54, 1.807) is 6.92 Å². The highest BCUT2D eigenvalue weighted by Gasteiger charge is 2.28. The highest BCUT2D eigenvalue weighted by atomic mass is 32.1. The molecular formula is C13H13N3O3S2. The van der Waals surface area contributed by atoms with Crippen molar-refractivity contribution >= 4 is 39.7 Å². The lowest BCUT2D eigenvalue weighted by atomic mass is 10.1. The summed E-state index contributed by atoms with van der Waals surface area (Å²) in [6.07, 6.45) is 2.84. The van der Waals surface area contributed by atoms with Crippen molar-refractivity contribution in [2.75, 3.05) is 12.4 Å². The summed E-state index contributed by atoms with van der Waals surface area (Å²) >= 11 is 2.50. The Balaban J connectivity index is 1.94. The number of ether oxygens (including phenoxy) is 1. The van der Waals surface area contributed by atoms with Gasteiger partial charge in [-0.25, -0.2) is 4.79 Å². The Morgan fingerprint density at radius 1 is 1.33 bits per heavy atom. The maximum absolute atomic E-state index is 12.3. The van der Waals surface area contributed by atoms with Crippen LogP contribution in [-0.4, -0.2) is 28.6 Å². The molecule has 2 aromatic heterocycles. The zero-order chi connectivity index (χ0) is 15.0. The van der Waals surface area contributed by atoms with Gasteiger partial charge in [0.05, 0.1) is 18.4 Å². The predicted molar refractivity (Wildman–Crippen MR) is 80.3 cm³/mol. The third-order valence-corrected chi connectivity index (χ3v) is 5.43. The average molecular weight is 323 g/mol. The van der Waals surface area contributed by atoms with Gasteiger partial charge in [-0.2, -0.15) is 0 Å². The highest BCUT2D eigenvalue weighted by molar-refractivity contribution is 7.17. The zero-order valence-electron chi connectivity index (χ0n) is 11.6. The molecule has 0 radical (unpaired) electrons. The lowest BCUT2D eigenvalue weighted by molar-refractivity contribution is 0.0601. The molecule has 0 fully saturated rings. The molecule has 6 nitrogen and oxygen atoms in total. The van der Waals surface area contributed by atoms with Crippen LogP contribution in [-0.2, 0) is 17.6 Å². The van der Waals surface area contributed by atoms with Crippen LogP contribution in [0.25, 0.3) is 0 Å². The van der Waals surface area contributed by atoms with E-state index in [4.69, 9.17) is 4.74 Å². The largest absolute Gasteiger partial charge is 0.465 e. The molecule has 0 saturated carbocycles. The number of nitrogens with one attached hydrogen (secondary N) is 1. The van der Waals surface area contributed by atoms with E-state index in [-0.39, 0.29) is 5.91 Å². The van der Waals surface area contributed by atoms with Crippen LogP contribution in [0.1, 0.15) is 42.6 Å². The number of anilines is 1. The van der Waals surface area contributed by atoms with Gasteiger partial charge in [0.15, 0.2) is 0 Å². The third kappa shape index (κ3) is 2.44. The normalized spacial score (nSPS) is 13.0. The predicted octanol–water partition coefficient (Wildman–Crippen LogP) is 2.44. The number of rotatable bonds is 3. The highest BCUT2D eigenvalue weighted by Crippen LogP contribution is 2.39. The number of hydrogen-bond acceptors (Lipinski definition) is 7. The van der Waals surface area contributed by atoms with E-state index in [0.717, 1.165) is 41.2 Å². The molecule has 1 amide bonds. The van der Waals surface area contributed by atoms with Gasteiger partial charge in [0.1, 0.15) is 9.88 Å². The Kier molecular flexibility index (Phi) is 3.73. The molecule has 0 aliphatic heterocycles. The van der Waals surface area contributed by atoms with Crippen LogP contribution in [0.3, 0.4) is 0 Å². The summed E-state index contributed by atoms with van der Waals surface area (Å²) in [6, 6.07) is 0. The molecule has 3 rings (SSSR count). The first-order valence-corrected chi connectivity index (χ1v) is 8.04. The van der Waals surface area contributed by atoms with E-state index < -0.39 is 5.97 Å². The maximum atomic E-state index is 12.3. The topological polar surface area (TPSA) is 81.2 Å². The number of esters is 1. The molecule has 1 N–H and O–H groups in total. The van der Waals surface area contributed by atoms with Crippen molar-refractivity contribution < 1.29 is 14.3 Å². The summed E-state index contributed by atoms with van der Waals surface area (Å²) in [6.45, 7) is 1.73. The van der Waals surface area contributed by atoms with E-state index in [9.17, 15) is 9.59 Å². The Morgan fingerprint density at radius 2 is 2.14 bits per heavy atom. The molecule has 2 heterocycles. The number of carbonyl (C=O) groups excluding carboxylic acids is 2. The first-order chi connectivity index (χ1) is 10.1. The van der Waals surface area contributed by atoms with Gasteiger partial charge in [0, 0.05) is 4.88 Å². The first-order valence-electron chi connectivity index (χ1n) is 6.45. The fourth-order valence-electron chi connectivity index (χ4n) is 2.41. The molecule has 8 heteroatoms. The number of fused-ring (bicyclic) bond motifs is 1. The van der Waals surface area contributed by atoms with Crippen LogP contribution in [0, 0.1) is 6.92 Å². The first kappa shape index (κ1) is 14.2. The number of methoxy groups -OCH3 is 1. The van der Waals surface area contributed by atoms with Crippen molar-refractivity contribution in [3.8, 4) is 0 Å². The van der Waals surface area contributed by atoms with Gasteiger partial charge in [-0.3, -0.25) is 4.79 Å². The molecule has 0 spiro atoms. The second-order valence-corrected chi connectivity index (χ2v) is 6.55. The summed E-state index contributed by atoms with van der Waals surface area (Å²) in [7, 11) is 1.35. The second-order valence-electron chi connectivity index (χ2n) is 4.69. The van der Waals surface area contributed by atoms with Gasteiger partial charge in [0.2, 0.25) is 0 Å². The average Bonchev–Trinajstić information content (AvgIpc) is 3.13. The van der Waals surface area contributed by atoms with Crippen LogP contribution in [0.15, 0.2) is 0 Å². The van der Waals surface area contributed by atoms with Crippen LogP contribution < -0.4 is 5.32 Å². The van der Waals surface area contributed by atoms with Crippen LogP contribution in [0.5, 0.6) is 0 Å². The number of carbonyl (C=O) groups is 2. The van der Waals surface area contributed by atoms with Gasteiger partial charge in [-0.1, -0.05) is 4.49 Å². The fraction of sp³-hybridized carbons (Fsp3) is 0.385. The van der Waals surface area contributed by atoms with Crippen LogP contribution in [0.2, 0.25) is 0 Å². The molecule has 1 aliphatic carbocycles. The Labute approximate surface area is 129 Å². The molecule has 0 bridgehead atoms. The van der Waals surface area contributed by atoms with E-state index >= 15 is 0 Å². The molecule has 0 unspecified atom stereocenters. The Morgan fingerprint density at radius 3 is 2.81 bits per heavy atom. The van der Waals surface area contributed by atoms with Gasteiger partial charge >= 0.3 is 5.97 Å². The number of aromatic nitrogens is 2. The van der Waals surface area contributed by atoms with Gasteiger partial charge in [-0.15, -0.1) is 16.4 Å². The summed E-state index contributed by atoms with van der Waals surface area (Å²) in [5, 5.41) is 7.19. The molecule has 2 aromatic rings. The molecule has 0 atom stereocenters. The van der Waals surface area contributed by atoms with E-state index in [2.05, 4.69) is 14.9 Å². The lowest BCUT2D eigenvalue weighted by Crippen LogP contribution is -2.14. The number of hydrogen-bond donors (Lipinski definition) is 1. The SMILES string of the molecule is COC(=O)c1c(NC(=O)c2snnc2C)sc2c1CCC2. The smallest absolute Gasteiger partial charge is 0.341 e. The number of amides is 1. The number of nitrogens with zero attached hydrogens (tertiary/aromatic N) is 2. The molecular weight excluding hydrogens is 310 g/mol. The van der Waals surface area contributed by atoms with Crippen molar-refractivity contribution in [2.45, 2.75) is 26.2 Å². The van der Waals surface area contributed by atoms with Crippen molar-refractivity contribution in [1.82, 2.24) is 9.59 Å². The van der Waals surface area contributed by atoms with E-state index in [1.807, 2.05) is 0 Å². The molecule has 21 heavy (non-hydrogen) atoms. The summed E-state index contributed by atoms with van der Waals surface area (Å²) in [5.74, 6) is -0.684. The van der Waals surface area contributed by atoms with Crippen molar-refractivity contribution in [3.05, 3.63) is 26.6 Å². The van der Waals surface area contributed by atoms with Crippen molar-refractivity contribution in [3.63, 3.8) is 0 Å². The number of thiophene rings is 1. The van der Waals surface area contributed by atoms with Gasteiger partial charge in [-0.05, 0) is 43.3 Å². The monoisotopic (exact) mass is 323 g/mol. The fourth-order valence-corrected chi connectivity index (χ4v) is 4.23. The minimum atomic E-state index is -0.399. The quantitative estimate of drug-likeness (QED) is 0.877. The standard InChI is InChI=1S/C13H13N3O3S2/c1-6-10(21-16-15-6)11(17)14-12-9(13(18)19-2)7-4-3-5-8(7)20-12/h3-5H2,1-2H3,(H,14,17). The molecule has 0 aromatic carbocycles. The van der Waals surface area contributed by atoms with E-state index in [1.165, 1.54) is 18.4 Å². The summed E-state index contributed by atoms with van der Waals surface area (Å²) in [4.78, 5) is 25.9. The lowest BCUT2D eigenvalue weighted by Gasteiger charge is -2.06. The van der Waals surface area contributed by atoms with Crippen molar-refractivity contribution in [2.24, 2.45) is 0 Å². The maximum Gasteiger partial charge on any atom is 0.341 e. The molecule has 0 saturated heterocycles. The van der Waals surface area contributed by atoms with Crippen molar-refractivity contribution in [1.29, 1.82) is 0 Å². The molecule has 1 aliphatic rings. The van der Waals surface area contributed by atoms with Crippen LogP contribution >= 0.6 is 22.9 Å². The third-order valence-electron chi connectivity index (χ3n) is 3.40. The van der Waals surface area contributed by atoms with Gasteiger partial charge < -0.3 is 10.1 Å². The van der Waals surface area contributed by atoms with E-state index in [0.29, 0.717) is 21.1 Å². The number of aryl methyl sites for hydroxylation is 2. The Bertz CT molecular complexity index is 720. The molecule has 110 valence electrons. The summed E-state index contributed by atoms with van der Waals surface area (Å²) < 4.78 is 8.60. The second kappa shape index (κ2) is 5.53. The minimum Gasteiger partial charge on any atom is -0.465 e. The van der Waals surface area contributed by atoms with Crippen LogP contribution in [0.4, 0.5) is 5.00 Å².